The maximum absolute atomic E-state index is 13.1. The van der Waals surface area contributed by atoms with Crippen molar-refractivity contribution < 1.29 is 13.5 Å². The number of ether oxygens (including phenoxy) is 1. The highest BCUT2D eigenvalue weighted by atomic mass is 19.3. The molecule has 2 aliphatic heterocycles. The topological polar surface area (TPSA) is 21.3 Å². The van der Waals surface area contributed by atoms with Crippen LogP contribution < -0.4 is 5.32 Å². The van der Waals surface area contributed by atoms with Crippen LogP contribution >= 0.6 is 0 Å². The number of nitrogens with one attached hydrogen (secondary N) is 1. The zero-order chi connectivity index (χ0) is 9.36. The lowest BCUT2D eigenvalue weighted by Crippen LogP contribution is -2.53. The number of halogens is 2. The second-order valence-electron chi connectivity index (χ2n) is 4.29. The van der Waals surface area contributed by atoms with Crippen LogP contribution in [-0.4, -0.2) is 32.2 Å². The van der Waals surface area contributed by atoms with Gasteiger partial charge in [-0.15, -0.1) is 0 Å². The number of rotatable bonds is 0. The predicted octanol–water partition coefficient (Wildman–Crippen LogP) is 1.41. The Morgan fingerprint density at radius 1 is 1.23 bits per heavy atom. The van der Waals surface area contributed by atoms with Crippen LogP contribution in [0.4, 0.5) is 8.78 Å². The minimum absolute atomic E-state index is 0.00694. The summed E-state index contributed by atoms with van der Waals surface area (Å²) in [5.41, 5.74) is -0.292. The van der Waals surface area contributed by atoms with Gasteiger partial charge in [0.25, 0.3) is 5.92 Å². The molecule has 1 unspecified atom stereocenters. The Morgan fingerprint density at radius 3 is 2.69 bits per heavy atom. The van der Waals surface area contributed by atoms with Gasteiger partial charge in [-0.2, -0.15) is 0 Å². The first-order chi connectivity index (χ1) is 6.12. The molecular formula is C9H15F2NO. The van der Waals surface area contributed by atoms with Gasteiger partial charge in [-0.3, -0.25) is 0 Å². The van der Waals surface area contributed by atoms with Gasteiger partial charge < -0.3 is 10.1 Å². The third-order valence-electron chi connectivity index (χ3n) is 2.92. The molecule has 0 aromatic carbocycles. The van der Waals surface area contributed by atoms with E-state index >= 15 is 0 Å². The summed E-state index contributed by atoms with van der Waals surface area (Å²) in [5.74, 6) is -2.54. The second kappa shape index (κ2) is 3.17. The van der Waals surface area contributed by atoms with Crippen LogP contribution in [0.2, 0.25) is 0 Å². The molecule has 13 heavy (non-hydrogen) atoms. The highest BCUT2D eigenvalue weighted by Gasteiger charge is 2.46. The van der Waals surface area contributed by atoms with Gasteiger partial charge in [0.15, 0.2) is 0 Å². The van der Waals surface area contributed by atoms with Gasteiger partial charge in [-0.25, -0.2) is 8.78 Å². The summed E-state index contributed by atoms with van der Waals surface area (Å²) in [6.45, 7) is 1.74. The molecule has 4 heteroatoms. The molecule has 0 amide bonds. The summed E-state index contributed by atoms with van der Waals surface area (Å²) in [6, 6.07) is 0. The van der Waals surface area contributed by atoms with Crippen molar-refractivity contribution in [3.63, 3.8) is 0 Å². The van der Waals surface area contributed by atoms with E-state index < -0.39 is 5.92 Å². The number of piperidine rings is 1. The van der Waals surface area contributed by atoms with Crippen molar-refractivity contribution in [1.82, 2.24) is 5.32 Å². The van der Waals surface area contributed by atoms with E-state index in [1.807, 2.05) is 0 Å². The molecule has 1 N–H and O–H groups in total. The molecule has 0 aromatic heterocycles. The zero-order valence-corrected chi connectivity index (χ0v) is 7.61. The average molecular weight is 191 g/mol. The lowest BCUT2D eigenvalue weighted by atomic mass is 9.75. The molecule has 0 saturated carbocycles. The van der Waals surface area contributed by atoms with Crippen LogP contribution in [0.25, 0.3) is 0 Å². The third kappa shape index (κ3) is 1.99. The Bertz CT molecular complexity index is 185. The fourth-order valence-corrected chi connectivity index (χ4v) is 2.37. The number of hydrogen-bond acceptors (Lipinski definition) is 2. The summed E-state index contributed by atoms with van der Waals surface area (Å²) in [4.78, 5) is 0. The van der Waals surface area contributed by atoms with Crippen molar-refractivity contribution >= 4 is 0 Å². The average Bonchev–Trinajstić information content (AvgIpc) is 2.03. The summed E-state index contributed by atoms with van der Waals surface area (Å²) < 4.78 is 31.5. The molecule has 2 heterocycles. The van der Waals surface area contributed by atoms with Crippen LogP contribution in [-0.2, 0) is 4.74 Å². The van der Waals surface area contributed by atoms with E-state index in [0.717, 1.165) is 19.4 Å². The largest absolute Gasteiger partial charge is 0.381 e. The quantitative estimate of drug-likeness (QED) is 0.625. The Balaban J connectivity index is 2.04. The Labute approximate surface area is 76.6 Å². The Hall–Kier alpha value is -0.220. The van der Waals surface area contributed by atoms with E-state index in [1.54, 1.807) is 0 Å². The van der Waals surface area contributed by atoms with E-state index in [-0.39, 0.29) is 18.4 Å². The highest BCUT2D eigenvalue weighted by Crippen LogP contribution is 2.40. The van der Waals surface area contributed by atoms with Gasteiger partial charge in [0.05, 0.1) is 13.2 Å². The first kappa shape index (κ1) is 9.34. The Kier molecular flexibility index (Phi) is 2.28. The standard InChI is InChI=1S/C9H15F2NO/c10-9(11)4-8(5-12-6-9)2-1-3-13-7-8/h12H,1-7H2. The zero-order valence-electron chi connectivity index (χ0n) is 7.61. The molecule has 2 saturated heterocycles. The molecule has 2 fully saturated rings. The van der Waals surface area contributed by atoms with E-state index in [0.29, 0.717) is 13.2 Å². The number of alkyl halides is 2. The minimum Gasteiger partial charge on any atom is -0.381 e. The van der Waals surface area contributed by atoms with Crippen LogP contribution in [0.1, 0.15) is 19.3 Å². The molecule has 0 radical (unpaired) electrons. The van der Waals surface area contributed by atoms with Crippen molar-refractivity contribution in [2.75, 3.05) is 26.3 Å². The molecule has 2 aliphatic rings. The lowest BCUT2D eigenvalue weighted by Gasteiger charge is -2.43. The SMILES string of the molecule is FC1(F)CNCC2(CCCOC2)C1. The fraction of sp³-hybridized carbons (Fsp3) is 1.00. The monoisotopic (exact) mass is 191 g/mol. The lowest BCUT2D eigenvalue weighted by molar-refractivity contribution is -0.112. The van der Waals surface area contributed by atoms with Gasteiger partial charge in [-0.05, 0) is 12.8 Å². The van der Waals surface area contributed by atoms with E-state index in [2.05, 4.69) is 5.32 Å². The normalized spacial score (nSPS) is 39.2. The van der Waals surface area contributed by atoms with Gasteiger partial charge in [0.1, 0.15) is 0 Å². The summed E-state index contributed by atoms with van der Waals surface area (Å²) >= 11 is 0. The molecule has 76 valence electrons. The van der Waals surface area contributed by atoms with Crippen molar-refractivity contribution in [3.8, 4) is 0 Å². The van der Waals surface area contributed by atoms with Crippen molar-refractivity contribution in [1.29, 1.82) is 0 Å². The fourth-order valence-electron chi connectivity index (χ4n) is 2.37. The van der Waals surface area contributed by atoms with E-state index in [4.69, 9.17) is 4.74 Å². The van der Waals surface area contributed by atoms with Crippen LogP contribution in [0.15, 0.2) is 0 Å². The van der Waals surface area contributed by atoms with Gasteiger partial charge >= 0.3 is 0 Å². The van der Waals surface area contributed by atoms with Crippen molar-refractivity contribution in [2.45, 2.75) is 25.2 Å². The maximum atomic E-state index is 13.1. The van der Waals surface area contributed by atoms with E-state index in [9.17, 15) is 8.78 Å². The first-order valence-electron chi connectivity index (χ1n) is 4.78. The summed E-state index contributed by atoms with van der Waals surface area (Å²) in [5, 5.41) is 2.81. The molecule has 0 aliphatic carbocycles. The molecule has 2 nitrogen and oxygen atoms in total. The van der Waals surface area contributed by atoms with Gasteiger partial charge in [0.2, 0.25) is 0 Å². The summed E-state index contributed by atoms with van der Waals surface area (Å²) in [6.07, 6.45) is 1.78. The van der Waals surface area contributed by atoms with Crippen molar-refractivity contribution in [2.24, 2.45) is 5.41 Å². The molecule has 2 rings (SSSR count). The predicted molar refractivity (Wildman–Crippen MR) is 44.9 cm³/mol. The van der Waals surface area contributed by atoms with Crippen LogP contribution in [0.5, 0.6) is 0 Å². The first-order valence-corrected chi connectivity index (χ1v) is 4.78. The highest BCUT2D eigenvalue weighted by molar-refractivity contribution is 4.94. The molecule has 1 atom stereocenters. The third-order valence-corrected chi connectivity index (χ3v) is 2.92. The smallest absolute Gasteiger partial charge is 0.261 e. The van der Waals surface area contributed by atoms with Gasteiger partial charge in [0, 0.05) is 25.0 Å². The summed E-state index contributed by atoms with van der Waals surface area (Å²) in [7, 11) is 0. The maximum Gasteiger partial charge on any atom is 0.261 e. The Morgan fingerprint density at radius 2 is 2.08 bits per heavy atom. The molecule has 0 aromatic rings. The second-order valence-corrected chi connectivity index (χ2v) is 4.29. The molecule has 0 bridgehead atoms. The minimum atomic E-state index is -2.54. The van der Waals surface area contributed by atoms with Crippen molar-refractivity contribution in [3.05, 3.63) is 0 Å². The van der Waals surface area contributed by atoms with E-state index in [1.165, 1.54) is 0 Å². The molecular weight excluding hydrogens is 176 g/mol. The van der Waals surface area contributed by atoms with Crippen LogP contribution in [0.3, 0.4) is 0 Å². The number of hydrogen-bond donors (Lipinski definition) is 1. The molecule has 1 spiro atoms. The van der Waals surface area contributed by atoms with Crippen LogP contribution in [0, 0.1) is 5.41 Å². The van der Waals surface area contributed by atoms with Gasteiger partial charge in [-0.1, -0.05) is 0 Å².